The van der Waals surface area contributed by atoms with Gasteiger partial charge in [0, 0.05) is 31.4 Å². The van der Waals surface area contributed by atoms with E-state index in [-0.39, 0.29) is 18.1 Å². The second kappa shape index (κ2) is 8.67. The molecule has 0 N–H and O–H groups in total. The number of nitrogens with zero attached hydrogens (tertiary/aromatic N) is 3. The molecule has 1 amide bonds. The van der Waals surface area contributed by atoms with E-state index in [0.717, 1.165) is 23.5 Å². The van der Waals surface area contributed by atoms with Crippen LogP contribution in [0.25, 0.3) is 0 Å². The van der Waals surface area contributed by atoms with Gasteiger partial charge in [0.1, 0.15) is 5.75 Å². The first-order chi connectivity index (χ1) is 13.0. The SMILES string of the molecule is Cc1nn(CC(C)C)c(C)c1CC(=O)N(C)Cc1ccc(OC(F)(F)F)cc1. The Balaban J connectivity index is 2.01. The molecular formula is C20H26F3N3O2. The van der Waals surface area contributed by atoms with Crippen molar-refractivity contribution in [1.29, 1.82) is 0 Å². The average molecular weight is 397 g/mol. The second-order valence-electron chi connectivity index (χ2n) is 7.34. The highest BCUT2D eigenvalue weighted by molar-refractivity contribution is 5.79. The number of hydrogen-bond donors (Lipinski definition) is 0. The number of amides is 1. The van der Waals surface area contributed by atoms with Crippen LogP contribution in [0.3, 0.4) is 0 Å². The molecule has 8 heteroatoms. The highest BCUT2D eigenvalue weighted by Gasteiger charge is 2.31. The summed E-state index contributed by atoms with van der Waals surface area (Å²) in [6, 6.07) is 5.51. The molecule has 0 unspecified atom stereocenters. The van der Waals surface area contributed by atoms with Gasteiger partial charge in [0.2, 0.25) is 5.91 Å². The largest absolute Gasteiger partial charge is 0.573 e. The molecule has 1 aromatic heterocycles. The summed E-state index contributed by atoms with van der Waals surface area (Å²) in [4.78, 5) is 14.2. The molecule has 2 aromatic rings. The minimum absolute atomic E-state index is 0.0779. The van der Waals surface area contributed by atoms with Gasteiger partial charge in [-0.05, 0) is 37.5 Å². The maximum atomic E-state index is 12.6. The molecule has 5 nitrogen and oxygen atoms in total. The van der Waals surface area contributed by atoms with Crippen LogP contribution in [0.2, 0.25) is 0 Å². The average Bonchev–Trinajstić information content (AvgIpc) is 2.82. The number of alkyl halides is 3. The fourth-order valence-electron chi connectivity index (χ4n) is 2.96. The van der Waals surface area contributed by atoms with Crippen LogP contribution >= 0.6 is 0 Å². The lowest BCUT2D eigenvalue weighted by Crippen LogP contribution is -2.28. The summed E-state index contributed by atoms with van der Waals surface area (Å²) in [5, 5.41) is 4.53. The molecule has 0 bridgehead atoms. The van der Waals surface area contributed by atoms with E-state index in [4.69, 9.17) is 0 Å². The quantitative estimate of drug-likeness (QED) is 0.702. The molecule has 0 saturated heterocycles. The van der Waals surface area contributed by atoms with Crippen molar-refractivity contribution in [2.75, 3.05) is 7.05 Å². The van der Waals surface area contributed by atoms with Crippen molar-refractivity contribution in [3.8, 4) is 5.75 Å². The van der Waals surface area contributed by atoms with Crippen molar-refractivity contribution in [2.24, 2.45) is 5.92 Å². The zero-order valence-corrected chi connectivity index (χ0v) is 16.8. The van der Waals surface area contributed by atoms with Crippen LogP contribution in [0.1, 0.15) is 36.4 Å². The molecule has 0 saturated carbocycles. The van der Waals surface area contributed by atoms with Gasteiger partial charge in [-0.25, -0.2) is 0 Å². The number of carbonyl (C=O) groups is 1. The van der Waals surface area contributed by atoms with Gasteiger partial charge in [0.25, 0.3) is 0 Å². The normalized spacial score (nSPS) is 11.8. The zero-order valence-electron chi connectivity index (χ0n) is 16.8. The van der Waals surface area contributed by atoms with Crippen molar-refractivity contribution in [3.05, 3.63) is 46.8 Å². The molecule has 2 rings (SSSR count). The molecule has 154 valence electrons. The Labute approximate surface area is 163 Å². The summed E-state index contributed by atoms with van der Waals surface area (Å²) in [6.07, 6.45) is -4.48. The number of benzene rings is 1. The minimum Gasteiger partial charge on any atom is -0.406 e. The smallest absolute Gasteiger partial charge is 0.406 e. The zero-order chi connectivity index (χ0) is 21.1. The number of halogens is 3. The fourth-order valence-corrected chi connectivity index (χ4v) is 2.96. The van der Waals surface area contributed by atoms with Crippen LogP contribution in [-0.2, 0) is 24.3 Å². The first-order valence-electron chi connectivity index (χ1n) is 9.07. The third-order valence-corrected chi connectivity index (χ3v) is 4.40. The van der Waals surface area contributed by atoms with Gasteiger partial charge < -0.3 is 9.64 Å². The van der Waals surface area contributed by atoms with Gasteiger partial charge in [-0.3, -0.25) is 9.48 Å². The van der Waals surface area contributed by atoms with E-state index in [2.05, 4.69) is 23.7 Å². The molecule has 28 heavy (non-hydrogen) atoms. The maximum absolute atomic E-state index is 12.6. The number of likely N-dealkylation sites (N-methyl/N-ethyl adjacent to an activating group) is 1. The topological polar surface area (TPSA) is 47.4 Å². The summed E-state index contributed by atoms with van der Waals surface area (Å²) < 4.78 is 42.4. The van der Waals surface area contributed by atoms with Gasteiger partial charge in [-0.1, -0.05) is 26.0 Å². The molecule has 0 atom stereocenters. The van der Waals surface area contributed by atoms with Gasteiger partial charge in [-0.15, -0.1) is 13.2 Å². The maximum Gasteiger partial charge on any atom is 0.573 e. The highest BCUT2D eigenvalue weighted by atomic mass is 19.4. The van der Waals surface area contributed by atoms with Gasteiger partial charge in [-0.2, -0.15) is 5.10 Å². The lowest BCUT2D eigenvalue weighted by Gasteiger charge is -2.18. The molecule has 0 aliphatic rings. The van der Waals surface area contributed by atoms with Crippen LogP contribution < -0.4 is 4.74 Å². The monoisotopic (exact) mass is 397 g/mol. The van der Waals surface area contributed by atoms with Crippen molar-refractivity contribution in [2.45, 2.75) is 53.6 Å². The molecule has 1 heterocycles. The Morgan fingerprint density at radius 2 is 1.82 bits per heavy atom. The lowest BCUT2D eigenvalue weighted by atomic mass is 10.1. The van der Waals surface area contributed by atoms with Crippen LogP contribution in [0.15, 0.2) is 24.3 Å². The summed E-state index contributed by atoms with van der Waals surface area (Å²) in [6.45, 7) is 9.17. The van der Waals surface area contributed by atoms with Crippen molar-refractivity contribution in [3.63, 3.8) is 0 Å². The van der Waals surface area contributed by atoms with E-state index >= 15 is 0 Å². The van der Waals surface area contributed by atoms with E-state index in [1.807, 2.05) is 18.5 Å². The van der Waals surface area contributed by atoms with Gasteiger partial charge in [0.15, 0.2) is 0 Å². The summed E-state index contributed by atoms with van der Waals surface area (Å²) in [5.74, 6) is 0.0912. The van der Waals surface area contributed by atoms with Gasteiger partial charge >= 0.3 is 6.36 Å². The first kappa shape index (κ1) is 21.8. The van der Waals surface area contributed by atoms with E-state index in [0.29, 0.717) is 18.0 Å². The van der Waals surface area contributed by atoms with E-state index in [9.17, 15) is 18.0 Å². The Hall–Kier alpha value is -2.51. The predicted octanol–water partition coefficient (Wildman–Crippen LogP) is 4.26. The molecule has 0 aliphatic carbocycles. The number of ether oxygens (including phenoxy) is 1. The fraction of sp³-hybridized carbons (Fsp3) is 0.500. The molecule has 0 aliphatic heterocycles. The minimum atomic E-state index is -4.72. The number of aromatic nitrogens is 2. The van der Waals surface area contributed by atoms with Crippen LogP contribution in [-0.4, -0.2) is 34.0 Å². The van der Waals surface area contributed by atoms with Crippen LogP contribution in [0.5, 0.6) is 5.75 Å². The second-order valence-corrected chi connectivity index (χ2v) is 7.34. The Morgan fingerprint density at radius 1 is 1.21 bits per heavy atom. The first-order valence-corrected chi connectivity index (χ1v) is 9.07. The Morgan fingerprint density at radius 3 is 2.36 bits per heavy atom. The van der Waals surface area contributed by atoms with Crippen LogP contribution in [0, 0.1) is 19.8 Å². The molecule has 0 fully saturated rings. The lowest BCUT2D eigenvalue weighted by molar-refractivity contribution is -0.274. The third-order valence-electron chi connectivity index (χ3n) is 4.40. The number of rotatable bonds is 7. The van der Waals surface area contributed by atoms with E-state index in [1.165, 1.54) is 24.3 Å². The van der Waals surface area contributed by atoms with E-state index in [1.54, 1.807) is 11.9 Å². The van der Waals surface area contributed by atoms with Crippen LogP contribution in [0.4, 0.5) is 13.2 Å². The number of aryl methyl sites for hydroxylation is 1. The van der Waals surface area contributed by atoms with Crippen molar-refractivity contribution >= 4 is 5.91 Å². The predicted molar refractivity (Wildman–Crippen MR) is 99.8 cm³/mol. The highest BCUT2D eigenvalue weighted by Crippen LogP contribution is 2.23. The van der Waals surface area contributed by atoms with Crippen molar-refractivity contribution < 1.29 is 22.7 Å². The number of hydrogen-bond acceptors (Lipinski definition) is 3. The third kappa shape index (κ3) is 6.00. The standard InChI is InChI=1S/C20H26F3N3O2/c1-13(2)11-26-15(4)18(14(3)24-26)10-19(27)25(5)12-16-6-8-17(9-7-16)28-20(21,22)23/h6-9,13H,10-12H2,1-5H3. The molecule has 1 aromatic carbocycles. The van der Waals surface area contributed by atoms with E-state index < -0.39 is 6.36 Å². The Kier molecular flexibility index (Phi) is 6.74. The van der Waals surface area contributed by atoms with Crippen molar-refractivity contribution in [1.82, 2.24) is 14.7 Å². The molecular weight excluding hydrogens is 371 g/mol. The van der Waals surface area contributed by atoms with Gasteiger partial charge in [0.05, 0.1) is 12.1 Å². The Bertz CT molecular complexity index is 811. The molecule has 0 spiro atoms. The summed E-state index contributed by atoms with van der Waals surface area (Å²) in [7, 11) is 1.67. The summed E-state index contributed by atoms with van der Waals surface area (Å²) >= 11 is 0. The number of carbonyl (C=O) groups excluding carboxylic acids is 1. The molecule has 0 radical (unpaired) electrons. The summed E-state index contributed by atoms with van der Waals surface area (Å²) in [5.41, 5.74) is 3.47.